The van der Waals surface area contributed by atoms with E-state index in [2.05, 4.69) is 32.0 Å². The molecule has 0 unspecified atom stereocenters. The molecule has 25 heavy (non-hydrogen) atoms. The zero-order valence-electron chi connectivity index (χ0n) is 16.1. The van der Waals surface area contributed by atoms with Gasteiger partial charge in [0.15, 0.2) is 0 Å². The van der Waals surface area contributed by atoms with Gasteiger partial charge < -0.3 is 9.47 Å². The Balaban J connectivity index is 1.92. The molecule has 0 radical (unpaired) electrons. The Morgan fingerprint density at radius 2 is 1.16 bits per heavy atom. The van der Waals surface area contributed by atoms with E-state index in [1.165, 1.54) is 64.2 Å². The largest absolute Gasteiger partial charge is 0.494 e. The first kappa shape index (κ1) is 19.0. The molecule has 2 saturated carbocycles. The Bertz CT molecular complexity index is 477. The van der Waals surface area contributed by atoms with Crippen molar-refractivity contribution in [3.05, 3.63) is 18.2 Å². The molecular formula is C22H35O2P. The van der Waals surface area contributed by atoms with Gasteiger partial charge in [-0.05, 0) is 68.3 Å². The smallest absolute Gasteiger partial charge is 0.123 e. The molecule has 3 rings (SSSR count). The summed E-state index contributed by atoms with van der Waals surface area (Å²) < 4.78 is 11.8. The second-order valence-electron chi connectivity index (χ2n) is 7.52. The zero-order chi connectivity index (χ0) is 17.5. The quantitative estimate of drug-likeness (QED) is 0.533. The molecule has 0 aliphatic heterocycles. The number of hydrogen-bond acceptors (Lipinski definition) is 2. The van der Waals surface area contributed by atoms with Gasteiger partial charge in [0.1, 0.15) is 11.5 Å². The van der Waals surface area contributed by atoms with Crippen LogP contribution in [-0.4, -0.2) is 24.5 Å². The summed E-state index contributed by atoms with van der Waals surface area (Å²) in [6.45, 7) is 5.58. The molecule has 0 atom stereocenters. The van der Waals surface area contributed by atoms with Crippen molar-refractivity contribution < 1.29 is 9.47 Å². The van der Waals surface area contributed by atoms with Crippen LogP contribution in [0.25, 0.3) is 0 Å². The molecule has 0 N–H and O–H groups in total. The molecule has 0 saturated heterocycles. The maximum atomic E-state index is 5.89. The van der Waals surface area contributed by atoms with Crippen LogP contribution in [0.4, 0.5) is 0 Å². The number of ether oxygens (including phenoxy) is 2. The molecular weight excluding hydrogens is 327 g/mol. The molecule has 2 aliphatic rings. The van der Waals surface area contributed by atoms with Gasteiger partial charge in [0.25, 0.3) is 0 Å². The van der Waals surface area contributed by atoms with Gasteiger partial charge in [-0.25, -0.2) is 0 Å². The SMILES string of the molecule is CCOc1cc(OCC)cc(P(C2CCCCC2)C2CCCCC2)c1. The van der Waals surface area contributed by atoms with Gasteiger partial charge >= 0.3 is 0 Å². The van der Waals surface area contributed by atoms with Crippen LogP contribution in [0.1, 0.15) is 78.1 Å². The van der Waals surface area contributed by atoms with Crippen molar-refractivity contribution in [3.8, 4) is 11.5 Å². The molecule has 0 aromatic heterocycles. The van der Waals surface area contributed by atoms with E-state index in [1.807, 2.05) is 0 Å². The minimum absolute atomic E-state index is 0.106. The summed E-state index contributed by atoms with van der Waals surface area (Å²) in [6.07, 6.45) is 14.3. The van der Waals surface area contributed by atoms with Crippen LogP contribution in [0.2, 0.25) is 0 Å². The molecule has 1 aromatic carbocycles. The monoisotopic (exact) mass is 362 g/mol. The van der Waals surface area contributed by atoms with Gasteiger partial charge in [0.2, 0.25) is 0 Å². The van der Waals surface area contributed by atoms with Gasteiger partial charge in [-0.15, -0.1) is 0 Å². The molecule has 0 amide bonds. The minimum Gasteiger partial charge on any atom is -0.494 e. The first-order chi connectivity index (χ1) is 12.3. The lowest BCUT2D eigenvalue weighted by Crippen LogP contribution is -2.26. The summed E-state index contributed by atoms with van der Waals surface area (Å²) in [4.78, 5) is 0. The van der Waals surface area contributed by atoms with Crippen LogP contribution < -0.4 is 14.8 Å². The average Bonchev–Trinajstić information content (AvgIpc) is 2.64. The minimum atomic E-state index is -0.106. The van der Waals surface area contributed by atoms with Gasteiger partial charge in [0, 0.05) is 6.07 Å². The van der Waals surface area contributed by atoms with Gasteiger partial charge in [-0.3, -0.25) is 0 Å². The summed E-state index contributed by atoms with van der Waals surface area (Å²) >= 11 is 0. The van der Waals surface area contributed by atoms with Gasteiger partial charge in [-0.2, -0.15) is 0 Å². The van der Waals surface area contributed by atoms with Crippen molar-refractivity contribution in [1.29, 1.82) is 0 Å². The summed E-state index contributed by atoms with van der Waals surface area (Å²) in [5.41, 5.74) is 1.83. The maximum absolute atomic E-state index is 5.89. The van der Waals surface area contributed by atoms with Crippen molar-refractivity contribution in [2.24, 2.45) is 0 Å². The summed E-state index contributed by atoms with van der Waals surface area (Å²) in [5.74, 6) is 2.00. The number of hydrogen-bond donors (Lipinski definition) is 0. The van der Waals surface area contributed by atoms with E-state index >= 15 is 0 Å². The van der Waals surface area contributed by atoms with E-state index in [1.54, 1.807) is 5.30 Å². The standard InChI is InChI=1S/C22H35O2P/c1-3-23-18-15-19(24-4-2)17-22(16-18)25(20-11-7-5-8-12-20)21-13-9-6-10-14-21/h15-17,20-21H,3-14H2,1-2H3. The average molecular weight is 362 g/mol. The van der Waals surface area contributed by atoms with Gasteiger partial charge in [-0.1, -0.05) is 46.4 Å². The van der Waals surface area contributed by atoms with Crippen LogP contribution in [-0.2, 0) is 0 Å². The highest BCUT2D eigenvalue weighted by Crippen LogP contribution is 2.55. The van der Waals surface area contributed by atoms with E-state index in [9.17, 15) is 0 Å². The molecule has 2 nitrogen and oxygen atoms in total. The topological polar surface area (TPSA) is 18.5 Å². The zero-order valence-corrected chi connectivity index (χ0v) is 17.0. The molecule has 2 fully saturated rings. The molecule has 0 spiro atoms. The van der Waals surface area contributed by atoms with Crippen molar-refractivity contribution in [2.45, 2.75) is 89.4 Å². The van der Waals surface area contributed by atoms with Crippen LogP contribution in [0.3, 0.4) is 0 Å². The van der Waals surface area contributed by atoms with Crippen molar-refractivity contribution in [3.63, 3.8) is 0 Å². The maximum Gasteiger partial charge on any atom is 0.123 e. The molecule has 0 heterocycles. The lowest BCUT2D eigenvalue weighted by Gasteiger charge is -2.39. The fraction of sp³-hybridized carbons (Fsp3) is 0.727. The Hall–Kier alpha value is -0.750. The third-order valence-electron chi connectivity index (χ3n) is 5.72. The van der Waals surface area contributed by atoms with E-state index < -0.39 is 0 Å². The van der Waals surface area contributed by atoms with E-state index in [-0.39, 0.29) is 7.92 Å². The van der Waals surface area contributed by atoms with E-state index in [4.69, 9.17) is 9.47 Å². The highest BCUT2D eigenvalue weighted by Gasteiger charge is 2.32. The second kappa shape index (κ2) is 9.81. The molecule has 0 bridgehead atoms. The van der Waals surface area contributed by atoms with Crippen LogP contribution >= 0.6 is 7.92 Å². The van der Waals surface area contributed by atoms with Crippen molar-refractivity contribution in [2.75, 3.05) is 13.2 Å². The predicted octanol–water partition coefficient (Wildman–Crippen LogP) is 6.26. The highest BCUT2D eigenvalue weighted by molar-refractivity contribution is 7.67. The fourth-order valence-electron chi connectivity index (χ4n) is 4.64. The second-order valence-corrected chi connectivity index (χ2v) is 10.3. The van der Waals surface area contributed by atoms with E-state index in [0.717, 1.165) is 36.0 Å². The molecule has 140 valence electrons. The lowest BCUT2D eigenvalue weighted by atomic mass is 9.99. The highest BCUT2D eigenvalue weighted by atomic mass is 31.1. The van der Waals surface area contributed by atoms with Crippen molar-refractivity contribution >= 4 is 13.2 Å². The normalized spacial score (nSPS) is 20.0. The lowest BCUT2D eigenvalue weighted by molar-refractivity contribution is 0.323. The molecule has 2 aliphatic carbocycles. The van der Waals surface area contributed by atoms with Crippen molar-refractivity contribution in [1.82, 2.24) is 0 Å². The van der Waals surface area contributed by atoms with Crippen LogP contribution in [0.15, 0.2) is 18.2 Å². The number of benzene rings is 1. The van der Waals surface area contributed by atoms with Gasteiger partial charge in [0.05, 0.1) is 13.2 Å². The molecule has 3 heteroatoms. The first-order valence-corrected chi connectivity index (χ1v) is 12.0. The molecule has 1 aromatic rings. The predicted molar refractivity (Wildman–Crippen MR) is 109 cm³/mol. The van der Waals surface area contributed by atoms with Crippen LogP contribution in [0, 0.1) is 0 Å². The summed E-state index contributed by atoms with van der Waals surface area (Å²) in [6, 6.07) is 6.77. The Kier molecular flexibility index (Phi) is 7.47. The third-order valence-corrected chi connectivity index (χ3v) is 9.18. The van der Waals surface area contributed by atoms with E-state index in [0.29, 0.717) is 0 Å². The number of rotatable bonds is 7. The Labute approximate surface area is 155 Å². The third kappa shape index (κ3) is 5.13. The summed E-state index contributed by atoms with van der Waals surface area (Å²) in [5, 5.41) is 1.54. The Morgan fingerprint density at radius 1 is 0.720 bits per heavy atom. The van der Waals surface area contributed by atoms with Crippen LogP contribution in [0.5, 0.6) is 11.5 Å². The first-order valence-electron chi connectivity index (χ1n) is 10.5. The Morgan fingerprint density at radius 3 is 1.56 bits per heavy atom. The fourth-order valence-corrected chi connectivity index (χ4v) is 8.48. The summed E-state index contributed by atoms with van der Waals surface area (Å²) in [7, 11) is -0.106.